The molecule has 0 saturated heterocycles. The highest BCUT2D eigenvalue weighted by Gasteiger charge is 2.21. The van der Waals surface area contributed by atoms with Crippen LogP contribution in [-0.2, 0) is 6.42 Å². The molecule has 2 rings (SSSR count). The highest BCUT2D eigenvalue weighted by molar-refractivity contribution is 9.10. The predicted molar refractivity (Wildman–Crippen MR) is 76.3 cm³/mol. The lowest BCUT2D eigenvalue weighted by Gasteiger charge is -2.27. The van der Waals surface area contributed by atoms with Crippen molar-refractivity contribution in [3.8, 4) is 11.5 Å². The molecule has 3 nitrogen and oxygen atoms in total. The zero-order chi connectivity index (χ0) is 13.1. The Kier molecular flexibility index (Phi) is 4.51. The Morgan fingerprint density at radius 2 is 2.11 bits per heavy atom. The molecule has 1 unspecified atom stereocenters. The van der Waals surface area contributed by atoms with Crippen LogP contribution in [0.1, 0.15) is 31.7 Å². The summed E-state index contributed by atoms with van der Waals surface area (Å²) in [6.07, 6.45) is 4.72. The maximum atomic E-state index is 5.96. The van der Waals surface area contributed by atoms with Gasteiger partial charge >= 0.3 is 0 Å². The molecule has 0 amide bonds. The Hall–Kier alpha value is -0.740. The van der Waals surface area contributed by atoms with Gasteiger partial charge in [-0.2, -0.15) is 0 Å². The Labute approximate surface area is 117 Å². The Bertz CT molecular complexity index is 417. The first-order valence-electron chi connectivity index (χ1n) is 6.38. The van der Waals surface area contributed by atoms with Crippen molar-refractivity contribution in [2.24, 2.45) is 5.73 Å². The van der Waals surface area contributed by atoms with Crippen LogP contribution in [0.3, 0.4) is 0 Å². The molecule has 0 radical (unpaired) electrons. The van der Waals surface area contributed by atoms with E-state index >= 15 is 0 Å². The number of ether oxygens (including phenoxy) is 2. The topological polar surface area (TPSA) is 44.5 Å². The number of hydrogen-bond donors (Lipinski definition) is 1. The molecule has 1 aromatic carbocycles. The van der Waals surface area contributed by atoms with E-state index in [4.69, 9.17) is 15.2 Å². The van der Waals surface area contributed by atoms with Gasteiger partial charge in [0.25, 0.3) is 0 Å². The van der Waals surface area contributed by atoms with Crippen molar-refractivity contribution in [1.29, 1.82) is 0 Å². The van der Waals surface area contributed by atoms with Gasteiger partial charge in [0, 0.05) is 10.5 Å². The molecule has 1 atom stereocenters. The average Bonchev–Trinajstić information content (AvgIpc) is 2.26. The molecule has 0 bridgehead atoms. The quantitative estimate of drug-likeness (QED) is 0.907. The van der Waals surface area contributed by atoms with Crippen LogP contribution in [0.4, 0.5) is 0 Å². The summed E-state index contributed by atoms with van der Waals surface area (Å²) in [5, 5.41) is 0. The van der Waals surface area contributed by atoms with E-state index in [0.717, 1.165) is 35.2 Å². The number of nitrogens with two attached hydrogens (primary N) is 1. The van der Waals surface area contributed by atoms with E-state index in [1.54, 1.807) is 7.11 Å². The Morgan fingerprint density at radius 1 is 1.39 bits per heavy atom. The number of methoxy groups -OCH3 is 1. The largest absolute Gasteiger partial charge is 0.493 e. The van der Waals surface area contributed by atoms with E-state index in [9.17, 15) is 0 Å². The predicted octanol–water partition coefficient (Wildman–Crippen LogP) is 3.28. The molecule has 4 heteroatoms. The molecule has 0 aromatic heterocycles. The second kappa shape index (κ2) is 5.93. The fourth-order valence-corrected chi connectivity index (χ4v) is 2.48. The summed E-state index contributed by atoms with van der Waals surface area (Å²) in [5.41, 5.74) is 7.03. The molecule has 0 aliphatic heterocycles. The van der Waals surface area contributed by atoms with Crippen LogP contribution in [-0.4, -0.2) is 19.3 Å². The van der Waals surface area contributed by atoms with E-state index in [0.29, 0.717) is 6.10 Å². The molecule has 100 valence electrons. The summed E-state index contributed by atoms with van der Waals surface area (Å²) in [4.78, 5) is 0. The molecule has 1 saturated carbocycles. The van der Waals surface area contributed by atoms with Crippen LogP contribution < -0.4 is 15.2 Å². The third-order valence-corrected chi connectivity index (χ3v) is 3.96. The van der Waals surface area contributed by atoms with Gasteiger partial charge in [0.2, 0.25) is 0 Å². The maximum Gasteiger partial charge on any atom is 0.161 e. The summed E-state index contributed by atoms with van der Waals surface area (Å²) in [6.45, 7) is 2.00. The number of halogens is 1. The lowest BCUT2D eigenvalue weighted by molar-refractivity contribution is 0.116. The van der Waals surface area contributed by atoms with Crippen molar-refractivity contribution < 1.29 is 9.47 Å². The normalized spacial score (nSPS) is 17.1. The summed E-state index contributed by atoms with van der Waals surface area (Å²) >= 11 is 3.56. The second-order valence-electron chi connectivity index (χ2n) is 4.95. The lowest BCUT2D eigenvalue weighted by atomic mass is 9.96. The summed E-state index contributed by atoms with van der Waals surface area (Å²) < 4.78 is 12.4. The van der Waals surface area contributed by atoms with Crippen LogP contribution in [0.5, 0.6) is 11.5 Å². The molecule has 2 N–H and O–H groups in total. The first-order chi connectivity index (χ1) is 8.60. The lowest BCUT2D eigenvalue weighted by Crippen LogP contribution is -2.25. The van der Waals surface area contributed by atoms with Crippen LogP contribution in [0, 0.1) is 0 Å². The van der Waals surface area contributed by atoms with Crippen molar-refractivity contribution in [2.45, 2.75) is 44.8 Å². The summed E-state index contributed by atoms with van der Waals surface area (Å²) in [6, 6.07) is 4.14. The van der Waals surface area contributed by atoms with E-state index in [1.165, 1.54) is 12.0 Å². The molecular formula is C14H20BrNO2. The summed E-state index contributed by atoms with van der Waals surface area (Å²) in [5.74, 6) is 1.61. The maximum absolute atomic E-state index is 5.96. The van der Waals surface area contributed by atoms with Crippen molar-refractivity contribution >= 4 is 15.9 Å². The Morgan fingerprint density at radius 3 is 2.61 bits per heavy atom. The van der Waals surface area contributed by atoms with Gasteiger partial charge in [-0.3, -0.25) is 0 Å². The summed E-state index contributed by atoms with van der Waals surface area (Å²) in [7, 11) is 1.67. The van der Waals surface area contributed by atoms with Gasteiger partial charge in [-0.05, 0) is 50.3 Å². The van der Waals surface area contributed by atoms with Crippen LogP contribution in [0.2, 0.25) is 0 Å². The van der Waals surface area contributed by atoms with Crippen LogP contribution >= 0.6 is 15.9 Å². The number of hydrogen-bond acceptors (Lipinski definition) is 3. The third kappa shape index (κ3) is 3.18. The van der Waals surface area contributed by atoms with E-state index in [-0.39, 0.29) is 6.04 Å². The van der Waals surface area contributed by atoms with E-state index < -0.39 is 0 Å². The third-order valence-electron chi connectivity index (χ3n) is 3.22. The molecule has 18 heavy (non-hydrogen) atoms. The number of benzene rings is 1. The van der Waals surface area contributed by atoms with E-state index in [1.807, 2.05) is 19.1 Å². The minimum absolute atomic E-state index is 0.131. The molecule has 0 spiro atoms. The van der Waals surface area contributed by atoms with Gasteiger partial charge in [-0.25, -0.2) is 0 Å². The van der Waals surface area contributed by atoms with Crippen molar-refractivity contribution in [1.82, 2.24) is 0 Å². The second-order valence-corrected chi connectivity index (χ2v) is 5.80. The van der Waals surface area contributed by atoms with Gasteiger partial charge in [-0.15, -0.1) is 0 Å². The van der Waals surface area contributed by atoms with Crippen LogP contribution in [0.15, 0.2) is 16.6 Å². The molecule has 1 aromatic rings. The van der Waals surface area contributed by atoms with Gasteiger partial charge in [0.05, 0.1) is 13.2 Å². The van der Waals surface area contributed by atoms with Crippen LogP contribution in [0.25, 0.3) is 0 Å². The van der Waals surface area contributed by atoms with Crippen molar-refractivity contribution in [3.05, 3.63) is 22.2 Å². The molecule has 1 fully saturated rings. The molecule has 0 heterocycles. The van der Waals surface area contributed by atoms with Crippen molar-refractivity contribution in [2.75, 3.05) is 7.11 Å². The van der Waals surface area contributed by atoms with Gasteiger partial charge in [0.15, 0.2) is 11.5 Å². The average molecular weight is 314 g/mol. The fraction of sp³-hybridized carbons (Fsp3) is 0.571. The minimum Gasteiger partial charge on any atom is -0.493 e. The van der Waals surface area contributed by atoms with Crippen molar-refractivity contribution in [3.63, 3.8) is 0 Å². The highest BCUT2D eigenvalue weighted by Crippen LogP contribution is 2.36. The zero-order valence-corrected chi connectivity index (χ0v) is 12.5. The van der Waals surface area contributed by atoms with E-state index in [2.05, 4.69) is 15.9 Å². The molecule has 1 aliphatic rings. The standard InChI is InChI=1S/C14H20BrNO2/c1-9(16)6-10-7-14(18-11-4-3-5-11)13(17-2)8-12(10)15/h7-9,11H,3-6,16H2,1-2H3. The zero-order valence-electron chi connectivity index (χ0n) is 10.9. The minimum atomic E-state index is 0.131. The van der Waals surface area contributed by atoms with Gasteiger partial charge in [0.1, 0.15) is 0 Å². The highest BCUT2D eigenvalue weighted by atomic mass is 79.9. The first kappa shape index (κ1) is 13.7. The SMILES string of the molecule is COc1cc(Br)c(CC(C)N)cc1OC1CCC1. The van der Waals surface area contributed by atoms with Gasteiger partial charge < -0.3 is 15.2 Å². The van der Waals surface area contributed by atoms with Gasteiger partial charge in [-0.1, -0.05) is 15.9 Å². The molecular weight excluding hydrogens is 294 g/mol. The monoisotopic (exact) mass is 313 g/mol. The smallest absolute Gasteiger partial charge is 0.161 e. The first-order valence-corrected chi connectivity index (χ1v) is 7.18. The molecule has 1 aliphatic carbocycles. The Balaban J connectivity index is 2.23. The fourth-order valence-electron chi connectivity index (χ4n) is 2.00. The number of rotatable bonds is 5.